The predicted molar refractivity (Wildman–Crippen MR) is 104 cm³/mol. The van der Waals surface area contributed by atoms with Crippen LogP contribution in [0.2, 0.25) is 0 Å². The van der Waals surface area contributed by atoms with Crippen molar-refractivity contribution in [1.82, 2.24) is 5.43 Å². The van der Waals surface area contributed by atoms with Gasteiger partial charge in [-0.25, -0.2) is 10.2 Å². The van der Waals surface area contributed by atoms with Crippen molar-refractivity contribution in [3.8, 4) is 5.75 Å². The Bertz CT molecular complexity index is 1110. The summed E-state index contributed by atoms with van der Waals surface area (Å²) in [4.78, 5) is 23.4. The van der Waals surface area contributed by atoms with Gasteiger partial charge in [-0.2, -0.15) is 5.10 Å². The van der Waals surface area contributed by atoms with E-state index in [0.717, 1.165) is 23.1 Å². The lowest BCUT2D eigenvalue weighted by molar-refractivity contribution is -0.123. The van der Waals surface area contributed by atoms with Crippen LogP contribution in [0.1, 0.15) is 36.3 Å². The summed E-state index contributed by atoms with van der Waals surface area (Å²) in [5.41, 5.74) is 3.20. The van der Waals surface area contributed by atoms with Crippen LogP contribution in [-0.4, -0.2) is 18.7 Å². The third-order valence-corrected chi connectivity index (χ3v) is 4.80. The highest BCUT2D eigenvalue weighted by Gasteiger charge is 2.36. The van der Waals surface area contributed by atoms with Crippen molar-refractivity contribution in [2.75, 3.05) is 6.61 Å². The molecule has 1 aromatic carbocycles. The number of hydrogen-bond donors (Lipinski definition) is 1. The molecule has 1 saturated carbocycles. The van der Waals surface area contributed by atoms with Crippen LogP contribution in [-0.2, 0) is 4.79 Å². The van der Waals surface area contributed by atoms with Crippen molar-refractivity contribution in [3.63, 3.8) is 0 Å². The summed E-state index contributed by atoms with van der Waals surface area (Å²) in [7, 11) is 0. The molecule has 1 amide bonds. The van der Waals surface area contributed by atoms with Crippen molar-refractivity contribution in [1.29, 1.82) is 0 Å². The molecule has 1 fully saturated rings. The van der Waals surface area contributed by atoms with E-state index in [1.54, 1.807) is 18.2 Å². The first-order chi connectivity index (χ1) is 13.5. The SMILES string of the molecule is Cc1cc(=O)oc2cc(OCC(=O)N/N=C\c3ccc([C@@H]4C[C@H]4C)o3)ccc12. The topological polar surface area (TPSA) is 94.0 Å². The van der Waals surface area contributed by atoms with Gasteiger partial charge in [0, 0.05) is 23.4 Å². The normalized spacial score (nSPS) is 18.5. The number of furan rings is 1. The molecule has 1 aliphatic rings. The molecule has 0 unspecified atom stereocenters. The van der Waals surface area contributed by atoms with Crippen molar-refractivity contribution < 1.29 is 18.4 Å². The minimum absolute atomic E-state index is 0.220. The molecule has 0 spiro atoms. The summed E-state index contributed by atoms with van der Waals surface area (Å²) >= 11 is 0. The second kappa shape index (κ2) is 7.34. The Morgan fingerprint density at radius 1 is 1.29 bits per heavy atom. The smallest absolute Gasteiger partial charge is 0.336 e. The molecule has 2 aromatic heterocycles. The quantitative estimate of drug-likeness (QED) is 0.402. The molecule has 3 aromatic rings. The summed E-state index contributed by atoms with van der Waals surface area (Å²) in [5, 5.41) is 4.70. The molecule has 1 aliphatic carbocycles. The fourth-order valence-corrected chi connectivity index (χ4v) is 3.10. The average Bonchev–Trinajstić information content (AvgIpc) is 3.20. The molecule has 0 saturated heterocycles. The van der Waals surface area contributed by atoms with Gasteiger partial charge in [-0.05, 0) is 49.1 Å². The molecule has 28 heavy (non-hydrogen) atoms. The molecule has 0 bridgehead atoms. The molecule has 0 aliphatic heterocycles. The van der Waals surface area contributed by atoms with Crippen LogP contribution in [0.15, 0.2) is 55.1 Å². The lowest BCUT2D eigenvalue weighted by Gasteiger charge is -2.06. The van der Waals surface area contributed by atoms with Gasteiger partial charge in [-0.3, -0.25) is 4.79 Å². The van der Waals surface area contributed by atoms with E-state index in [1.807, 2.05) is 19.1 Å². The second-order valence-corrected chi connectivity index (χ2v) is 7.05. The number of amides is 1. The first-order valence-corrected chi connectivity index (χ1v) is 9.08. The number of benzene rings is 1. The van der Waals surface area contributed by atoms with E-state index in [2.05, 4.69) is 17.5 Å². The Morgan fingerprint density at radius 3 is 2.89 bits per heavy atom. The third kappa shape index (κ3) is 3.98. The fraction of sp³-hybridized carbons (Fsp3) is 0.286. The number of rotatable bonds is 6. The summed E-state index contributed by atoms with van der Waals surface area (Å²) in [6.07, 6.45) is 2.61. The lowest BCUT2D eigenvalue weighted by atomic mass is 10.1. The standard InChI is InChI=1S/C21H20N2O5/c1-12-7-17(12)18-6-4-15(27-18)10-22-23-20(24)11-26-14-3-5-16-13(2)8-21(25)28-19(16)9-14/h3-6,8-10,12,17H,7,11H2,1-2H3,(H,23,24)/b22-10-/t12-,17-/m1/s1. The van der Waals surface area contributed by atoms with Crippen LogP contribution in [0.4, 0.5) is 0 Å². The number of nitrogens with one attached hydrogen (secondary N) is 1. The summed E-state index contributed by atoms with van der Waals surface area (Å²) in [5.74, 6) is 2.73. The molecule has 7 nitrogen and oxygen atoms in total. The van der Waals surface area contributed by atoms with Gasteiger partial charge >= 0.3 is 5.63 Å². The van der Waals surface area contributed by atoms with Gasteiger partial charge in [-0.1, -0.05) is 6.92 Å². The van der Waals surface area contributed by atoms with E-state index in [-0.39, 0.29) is 6.61 Å². The Hall–Kier alpha value is -3.35. The number of nitrogens with zero attached hydrogens (tertiary/aromatic N) is 1. The monoisotopic (exact) mass is 380 g/mol. The number of aryl methyl sites for hydroxylation is 1. The highest BCUT2D eigenvalue weighted by molar-refractivity contribution is 5.82. The average molecular weight is 380 g/mol. The molecule has 1 N–H and O–H groups in total. The summed E-state index contributed by atoms with van der Waals surface area (Å²) in [6.45, 7) is 3.80. The number of hydrazone groups is 1. The Kier molecular flexibility index (Phi) is 4.73. The van der Waals surface area contributed by atoms with Crippen molar-refractivity contribution in [2.45, 2.75) is 26.2 Å². The van der Waals surface area contributed by atoms with Crippen LogP contribution in [0.25, 0.3) is 11.0 Å². The maximum atomic E-state index is 11.9. The number of hydrogen-bond acceptors (Lipinski definition) is 6. The Balaban J connectivity index is 1.31. The zero-order valence-corrected chi connectivity index (χ0v) is 15.6. The molecule has 7 heteroatoms. The van der Waals surface area contributed by atoms with E-state index in [4.69, 9.17) is 13.6 Å². The molecule has 144 valence electrons. The molecule has 2 heterocycles. The number of carbonyl (C=O) groups is 1. The van der Waals surface area contributed by atoms with Crippen LogP contribution in [0.5, 0.6) is 5.75 Å². The first-order valence-electron chi connectivity index (χ1n) is 9.08. The minimum Gasteiger partial charge on any atom is -0.484 e. The van der Waals surface area contributed by atoms with Crippen LogP contribution >= 0.6 is 0 Å². The number of fused-ring (bicyclic) bond motifs is 1. The van der Waals surface area contributed by atoms with Crippen molar-refractivity contribution in [2.24, 2.45) is 11.0 Å². The van der Waals surface area contributed by atoms with E-state index in [0.29, 0.717) is 28.9 Å². The highest BCUT2D eigenvalue weighted by atomic mass is 16.5. The van der Waals surface area contributed by atoms with Crippen molar-refractivity contribution in [3.05, 3.63) is 63.9 Å². The van der Waals surface area contributed by atoms with Gasteiger partial charge in [0.1, 0.15) is 22.9 Å². The van der Waals surface area contributed by atoms with E-state index in [1.165, 1.54) is 12.3 Å². The van der Waals surface area contributed by atoms with E-state index < -0.39 is 11.5 Å². The van der Waals surface area contributed by atoms with Crippen LogP contribution in [0, 0.1) is 12.8 Å². The highest BCUT2D eigenvalue weighted by Crippen LogP contribution is 2.47. The minimum atomic E-state index is -0.425. The van der Waals surface area contributed by atoms with Crippen LogP contribution < -0.4 is 15.8 Å². The maximum absolute atomic E-state index is 11.9. The third-order valence-electron chi connectivity index (χ3n) is 4.80. The van der Waals surface area contributed by atoms with Crippen molar-refractivity contribution >= 4 is 23.1 Å². The Morgan fingerprint density at radius 2 is 2.11 bits per heavy atom. The van der Waals surface area contributed by atoms with Gasteiger partial charge in [0.05, 0.1) is 6.21 Å². The van der Waals surface area contributed by atoms with E-state index in [9.17, 15) is 9.59 Å². The molecule has 2 atom stereocenters. The maximum Gasteiger partial charge on any atom is 0.336 e. The van der Waals surface area contributed by atoms with Gasteiger partial charge in [-0.15, -0.1) is 0 Å². The zero-order valence-electron chi connectivity index (χ0n) is 15.6. The number of ether oxygens (including phenoxy) is 1. The Labute approximate surface area is 161 Å². The molecular formula is C21H20N2O5. The fourth-order valence-electron chi connectivity index (χ4n) is 3.10. The van der Waals surface area contributed by atoms with E-state index >= 15 is 0 Å². The summed E-state index contributed by atoms with van der Waals surface area (Å²) < 4.78 is 16.3. The zero-order chi connectivity index (χ0) is 19.7. The predicted octanol–water partition coefficient (Wildman–Crippen LogP) is 3.35. The molecular weight excluding hydrogens is 360 g/mol. The largest absolute Gasteiger partial charge is 0.484 e. The van der Waals surface area contributed by atoms with Gasteiger partial charge in [0.2, 0.25) is 0 Å². The second-order valence-electron chi connectivity index (χ2n) is 7.05. The first kappa shape index (κ1) is 18.0. The van der Waals surface area contributed by atoms with Crippen LogP contribution in [0.3, 0.4) is 0 Å². The summed E-state index contributed by atoms with van der Waals surface area (Å²) in [6, 6.07) is 10.3. The van der Waals surface area contributed by atoms with Gasteiger partial charge in [0.15, 0.2) is 6.61 Å². The van der Waals surface area contributed by atoms with Gasteiger partial charge in [0.25, 0.3) is 5.91 Å². The lowest BCUT2D eigenvalue weighted by Crippen LogP contribution is -2.24. The molecule has 4 rings (SSSR count). The number of carbonyl (C=O) groups excluding carboxylic acids is 1. The molecule has 0 radical (unpaired) electrons. The van der Waals surface area contributed by atoms with Gasteiger partial charge < -0.3 is 13.6 Å².